The number of carbonyl (C=O) groups is 1. The molecule has 1 N–H and O–H groups in total. The summed E-state index contributed by atoms with van der Waals surface area (Å²) < 4.78 is 5.01. The second-order valence-electron chi connectivity index (χ2n) is 3.09. The van der Waals surface area contributed by atoms with Crippen LogP contribution in [0.1, 0.15) is 40.0 Å². The normalized spacial score (nSPS) is 9.57. The van der Waals surface area contributed by atoms with E-state index >= 15 is 0 Å². The van der Waals surface area contributed by atoms with Crippen LogP contribution in [0.15, 0.2) is 0 Å². The first-order chi connectivity index (χ1) is 6.31. The summed E-state index contributed by atoms with van der Waals surface area (Å²) >= 11 is 0. The van der Waals surface area contributed by atoms with E-state index in [-0.39, 0.29) is 13.2 Å². The number of carbonyl (C=O) groups excluding carboxylic acids is 1. The van der Waals surface area contributed by atoms with Crippen LogP contribution in [0.5, 0.6) is 0 Å². The highest BCUT2D eigenvalue weighted by Crippen LogP contribution is 1.99. The molecule has 0 aliphatic rings. The summed E-state index contributed by atoms with van der Waals surface area (Å²) in [5, 5.41) is 3.08. The maximum atomic E-state index is 11.1. The van der Waals surface area contributed by atoms with E-state index in [9.17, 15) is 4.79 Å². The molecule has 0 unspecified atom stereocenters. The molecule has 14 heavy (non-hydrogen) atoms. The third-order valence-corrected chi connectivity index (χ3v) is 1.85. The fourth-order valence-electron chi connectivity index (χ4n) is 1.09. The molecular weight excluding hydrogens is 178 g/mol. The van der Waals surface area contributed by atoms with E-state index in [1.165, 1.54) is 0 Å². The number of ether oxygens (including phenoxy) is 1. The first-order valence-corrected chi connectivity index (χ1v) is 5.05. The van der Waals surface area contributed by atoms with Crippen LogP contribution < -0.4 is 5.32 Å². The van der Waals surface area contributed by atoms with Crippen LogP contribution in [0.3, 0.4) is 0 Å². The van der Waals surface area contributed by atoms with E-state index in [2.05, 4.69) is 5.32 Å². The lowest BCUT2D eigenvalue weighted by Gasteiger charge is -2.01. The third-order valence-electron chi connectivity index (χ3n) is 1.85. The molecule has 0 aromatic rings. The molecule has 3 nitrogen and oxygen atoms in total. The van der Waals surface area contributed by atoms with Gasteiger partial charge in [0.2, 0.25) is 0 Å². The lowest BCUT2D eigenvalue weighted by molar-refractivity contribution is -0.123. The molecule has 0 fully saturated rings. The number of hydrogen-bond acceptors (Lipinski definition) is 3. The molecule has 0 rings (SSSR count). The van der Waals surface area contributed by atoms with E-state index in [1.807, 2.05) is 14.0 Å². The van der Waals surface area contributed by atoms with Gasteiger partial charge in [-0.05, 0) is 33.4 Å². The Labute approximate surface area is 88.2 Å². The molecule has 0 atom stereocenters. The predicted molar refractivity (Wildman–Crippen MR) is 60.6 cm³/mol. The Morgan fingerprint density at radius 1 is 1.29 bits per heavy atom. The SMILES string of the molecule is C.CCOCC(=O)CCCCCNC. The fourth-order valence-corrected chi connectivity index (χ4v) is 1.09. The van der Waals surface area contributed by atoms with Gasteiger partial charge in [0.25, 0.3) is 0 Å². The first kappa shape index (κ1) is 16.0. The van der Waals surface area contributed by atoms with Gasteiger partial charge in [-0.1, -0.05) is 13.8 Å². The van der Waals surface area contributed by atoms with Crippen LogP contribution in [-0.4, -0.2) is 32.6 Å². The van der Waals surface area contributed by atoms with Gasteiger partial charge in [0.1, 0.15) is 6.61 Å². The first-order valence-electron chi connectivity index (χ1n) is 5.05. The zero-order chi connectivity index (χ0) is 9.94. The highest BCUT2D eigenvalue weighted by Gasteiger charge is 2.00. The van der Waals surface area contributed by atoms with Crippen molar-refractivity contribution >= 4 is 5.78 Å². The van der Waals surface area contributed by atoms with Crippen LogP contribution >= 0.6 is 0 Å². The smallest absolute Gasteiger partial charge is 0.158 e. The monoisotopic (exact) mass is 203 g/mol. The molecule has 0 aromatic carbocycles. The summed E-state index contributed by atoms with van der Waals surface area (Å²) in [5.74, 6) is 0.228. The van der Waals surface area contributed by atoms with Gasteiger partial charge < -0.3 is 10.1 Å². The highest BCUT2D eigenvalue weighted by atomic mass is 16.5. The van der Waals surface area contributed by atoms with Gasteiger partial charge in [-0.2, -0.15) is 0 Å². The topological polar surface area (TPSA) is 38.3 Å². The number of unbranched alkanes of at least 4 members (excludes halogenated alkanes) is 2. The molecule has 0 bridgehead atoms. The van der Waals surface area contributed by atoms with Gasteiger partial charge in [0.05, 0.1) is 0 Å². The summed E-state index contributed by atoms with van der Waals surface area (Å²) in [7, 11) is 1.94. The van der Waals surface area contributed by atoms with Gasteiger partial charge >= 0.3 is 0 Å². The van der Waals surface area contributed by atoms with Crippen molar-refractivity contribution in [2.45, 2.75) is 40.0 Å². The van der Waals surface area contributed by atoms with Crippen molar-refractivity contribution in [3.63, 3.8) is 0 Å². The molecule has 0 amide bonds. The molecule has 0 aliphatic carbocycles. The summed E-state index contributed by atoms with van der Waals surface area (Å²) in [4.78, 5) is 11.1. The lowest BCUT2D eigenvalue weighted by atomic mass is 10.1. The Bertz CT molecular complexity index is 126. The summed E-state index contributed by atoms with van der Waals surface area (Å²) in [6, 6.07) is 0. The van der Waals surface area contributed by atoms with Crippen molar-refractivity contribution in [3.05, 3.63) is 0 Å². The Kier molecular flexibility index (Phi) is 14.4. The number of rotatable bonds is 9. The Morgan fingerprint density at radius 2 is 2.00 bits per heavy atom. The van der Waals surface area contributed by atoms with Gasteiger partial charge in [-0.15, -0.1) is 0 Å². The lowest BCUT2D eigenvalue weighted by Crippen LogP contribution is -2.09. The minimum Gasteiger partial charge on any atom is -0.374 e. The molecule has 0 saturated carbocycles. The van der Waals surface area contributed by atoms with Crippen LogP contribution in [0.25, 0.3) is 0 Å². The molecule has 0 spiro atoms. The van der Waals surface area contributed by atoms with Gasteiger partial charge in [-0.3, -0.25) is 4.79 Å². The van der Waals surface area contributed by atoms with Crippen molar-refractivity contribution < 1.29 is 9.53 Å². The number of hydrogen-bond donors (Lipinski definition) is 1. The quantitative estimate of drug-likeness (QED) is 0.583. The summed E-state index contributed by atoms with van der Waals surface area (Å²) in [6.45, 7) is 3.87. The summed E-state index contributed by atoms with van der Waals surface area (Å²) in [5.41, 5.74) is 0. The van der Waals surface area contributed by atoms with Crippen molar-refractivity contribution in [2.75, 3.05) is 26.8 Å². The van der Waals surface area contributed by atoms with E-state index in [0.717, 1.165) is 25.8 Å². The van der Waals surface area contributed by atoms with Crippen LogP contribution in [-0.2, 0) is 9.53 Å². The minimum atomic E-state index is 0. The molecule has 0 saturated heterocycles. The molecule has 0 aliphatic heterocycles. The van der Waals surface area contributed by atoms with E-state index < -0.39 is 0 Å². The van der Waals surface area contributed by atoms with Gasteiger partial charge in [0.15, 0.2) is 5.78 Å². The zero-order valence-corrected chi connectivity index (χ0v) is 8.77. The van der Waals surface area contributed by atoms with Crippen molar-refractivity contribution in [1.82, 2.24) is 5.32 Å². The van der Waals surface area contributed by atoms with Crippen molar-refractivity contribution in [3.8, 4) is 0 Å². The Morgan fingerprint density at radius 3 is 2.57 bits per heavy atom. The molecule has 3 heteroatoms. The average molecular weight is 203 g/mol. The van der Waals surface area contributed by atoms with E-state index in [1.54, 1.807) is 0 Å². The average Bonchev–Trinajstić information content (AvgIpc) is 2.14. The Balaban J connectivity index is 0. The molecule has 0 radical (unpaired) electrons. The Hall–Kier alpha value is -0.410. The minimum absolute atomic E-state index is 0. The number of Topliss-reactive ketones (excluding diaryl/α,β-unsaturated/α-hetero) is 1. The van der Waals surface area contributed by atoms with E-state index in [4.69, 9.17) is 4.74 Å². The van der Waals surface area contributed by atoms with Crippen LogP contribution in [0.2, 0.25) is 0 Å². The summed E-state index contributed by atoms with van der Waals surface area (Å²) in [6.07, 6.45) is 3.94. The van der Waals surface area contributed by atoms with E-state index in [0.29, 0.717) is 19.6 Å². The predicted octanol–water partition coefficient (Wildman–Crippen LogP) is 2.01. The second kappa shape index (κ2) is 12.6. The van der Waals surface area contributed by atoms with Crippen LogP contribution in [0.4, 0.5) is 0 Å². The number of nitrogens with one attached hydrogen (secondary N) is 1. The van der Waals surface area contributed by atoms with Crippen LogP contribution in [0, 0.1) is 0 Å². The largest absolute Gasteiger partial charge is 0.374 e. The standard InChI is InChI=1S/C10H21NO2.CH4/c1-3-13-9-10(12)7-5-4-6-8-11-2;/h11H,3-9H2,1-2H3;1H4. The number of ketones is 1. The fraction of sp³-hybridized carbons (Fsp3) is 0.909. The maximum Gasteiger partial charge on any atom is 0.158 e. The van der Waals surface area contributed by atoms with Crippen molar-refractivity contribution in [1.29, 1.82) is 0 Å². The van der Waals surface area contributed by atoms with Gasteiger partial charge in [0, 0.05) is 13.0 Å². The highest BCUT2D eigenvalue weighted by molar-refractivity contribution is 5.79. The molecule has 0 heterocycles. The van der Waals surface area contributed by atoms with Gasteiger partial charge in [-0.25, -0.2) is 0 Å². The molecular formula is C11H25NO2. The molecule has 86 valence electrons. The molecule has 0 aromatic heterocycles. The maximum absolute atomic E-state index is 11.1. The second-order valence-corrected chi connectivity index (χ2v) is 3.09. The zero-order valence-electron chi connectivity index (χ0n) is 8.77. The third kappa shape index (κ3) is 11.6. The van der Waals surface area contributed by atoms with Crippen molar-refractivity contribution in [2.24, 2.45) is 0 Å².